The van der Waals surface area contributed by atoms with E-state index in [9.17, 15) is 4.79 Å². The molecule has 6 heteroatoms. The Labute approximate surface area is 110 Å². The molecule has 0 fully saturated rings. The maximum absolute atomic E-state index is 10.9. The molecule has 102 valence electrons. The van der Waals surface area contributed by atoms with E-state index in [0.717, 1.165) is 0 Å². The molecule has 0 spiro atoms. The third-order valence-electron chi connectivity index (χ3n) is 2.83. The van der Waals surface area contributed by atoms with E-state index in [2.05, 4.69) is 4.98 Å². The SMILES string of the molecule is CC(C)N(CCO)c1nc2ccc(C(=O)O)cc2o1. The Morgan fingerprint density at radius 1 is 1.47 bits per heavy atom. The van der Waals surface area contributed by atoms with Crippen LogP contribution in [0.1, 0.15) is 24.2 Å². The molecule has 1 aromatic carbocycles. The summed E-state index contributed by atoms with van der Waals surface area (Å²) < 4.78 is 5.58. The van der Waals surface area contributed by atoms with Gasteiger partial charge in [-0.15, -0.1) is 0 Å². The number of benzene rings is 1. The van der Waals surface area contributed by atoms with Crippen LogP contribution in [0.15, 0.2) is 22.6 Å². The summed E-state index contributed by atoms with van der Waals surface area (Å²) in [5, 5.41) is 18.0. The van der Waals surface area contributed by atoms with Gasteiger partial charge in [0.25, 0.3) is 6.01 Å². The lowest BCUT2D eigenvalue weighted by atomic mass is 10.2. The highest BCUT2D eigenvalue weighted by atomic mass is 16.4. The Hall–Kier alpha value is -2.08. The number of carboxylic acids is 1. The first-order valence-electron chi connectivity index (χ1n) is 6.04. The maximum Gasteiger partial charge on any atom is 0.335 e. The lowest BCUT2D eigenvalue weighted by molar-refractivity contribution is 0.0697. The highest BCUT2D eigenvalue weighted by Gasteiger charge is 2.17. The molecular weight excluding hydrogens is 248 g/mol. The Bertz CT molecular complexity index is 591. The smallest absolute Gasteiger partial charge is 0.335 e. The van der Waals surface area contributed by atoms with Crippen LogP contribution in [0.5, 0.6) is 0 Å². The number of hydrogen-bond donors (Lipinski definition) is 2. The molecule has 1 aromatic heterocycles. The van der Waals surface area contributed by atoms with Crippen LogP contribution in [0, 0.1) is 0 Å². The zero-order valence-corrected chi connectivity index (χ0v) is 10.8. The summed E-state index contributed by atoms with van der Waals surface area (Å²) in [6, 6.07) is 5.07. The largest absolute Gasteiger partial charge is 0.478 e. The highest BCUT2D eigenvalue weighted by Crippen LogP contribution is 2.24. The van der Waals surface area contributed by atoms with E-state index in [0.29, 0.717) is 23.7 Å². The third-order valence-corrected chi connectivity index (χ3v) is 2.83. The number of oxazole rings is 1. The van der Waals surface area contributed by atoms with Gasteiger partial charge in [0, 0.05) is 12.6 Å². The van der Waals surface area contributed by atoms with E-state index >= 15 is 0 Å². The lowest BCUT2D eigenvalue weighted by Gasteiger charge is -2.23. The Balaban J connectivity index is 2.42. The molecule has 2 N–H and O–H groups in total. The molecule has 0 bridgehead atoms. The van der Waals surface area contributed by atoms with Gasteiger partial charge >= 0.3 is 5.97 Å². The average Bonchev–Trinajstić information content (AvgIpc) is 2.77. The molecule has 19 heavy (non-hydrogen) atoms. The number of nitrogens with zero attached hydrogens (tertiary/aromatic N) is 2. The Kier molecular flexibility index (Phi) is 3.71. The normalized spacial score (nSPS) is 11.2. The van der Waals surface area contributed by atoms with E-state index < -0.39 is 5.97 Å². The second-order valence-corrected chi connectivity index (χ2v) is 4.49. The number of aliphatic hydroxyl groups is 1. The highest BCUT2D eigenvalue weighted by molar-refractivity contribution is 5.92. The summed E-state index contributed by atoms with van der Waals surface area (Å²) in [5.41, 5.74) is 1.19. The predicted octanol–water partition coefficient (Wildman–Crippen LogP) is 1.73. The first-order valence-corrected chi connectivity index (χ1v) is 6.04. The minimum absolute atomic E-state index is 0.00270. The second-order valence-electron chi connectivity index (χ2n) is 4.49. The molecule has 0 atom stereocenters. The summed E-state index contributed by atoms with van der Waals surface area (Å²) >= 11 is 0. The van der Waals surface area contributed by atoms with Crippen molar-refractivity contribution in [3.63, 3.8) is 0 Å². The number of hydrogen-bond acceptors (Lipinski definition) is 5. The number of aromatic carboxylic acids is 1. The van der Waals surface area contributed by atoms with Crippen molar-refractivity contribution in [3.8, 4) is 0 Å². The second kappa shape index (κ2) is 5.27. The zero-order valence-electron chi connectivity index (χ0n) is 10.8. The summed E-state index contributed by atoms with van der Waals surface area (Å²) in [4.78, 5) is 17.0. The minimum Gasteiger partial charge on any atom is -0.478 e. The molecule has 0 saturated heterocycles. The van der Waals surface area contributed by atoms with Gasteiger partial charge in [0.2, 0.25) is 0 Å². The maximum atomic E-state index is 10.9. The van der Waals surface area contributed by atoms with Crippen molar-refractivity contribution in [1.82, 2.24) is 4.98 Å². The molecule has 0 unspecified atom stereocenters. The first kappa shape index (κ1) is 13.4. The summed E-state index contributed by atoms with van der Waals surface area (Å²) in [7, 11) is 0. The topological polar surface area (TPSA) is 86.8 Å². The van der Waals surface area contributed by atoms with Crippen molar-refractivity contribution >= 4 is 23.1 Å². The van der Waals surface area contributed by atoms with E-state index in [-0.39, 0.29) is 18.2 Å². The van der Waals surface area contributed by atoms with Crippen molar-refractivity contribution in [2.45, 2.75) is 19.9 Å². The number of fused-ring (bicyclic) bond motifs is 1. The van der Waals surface area contributed by atoms with Crippen LogP contribution in [0.25, 0.3) is 11.1 Å². The van der Waals surface area contributed by atoms with Crippen LogP contribution in [-0.2, 0) is 0 Å². The average molecular weight is 264 g/mol. The van der Waals surface area contributed by atoms with Gasteiger partial charge in [-0.05, 0) is 32.0 Å². The Morgan fingerprint density at radius 3 is 2.79 bits per heavy atom. The minimum atomic E-state index is -1.00. The van der Waals surface area contributed by atoms with Gasteiger partial charge in [0.05, 0.1) is 12.2 Å². The van der Waals surface area contributed by atoms with Crippen molar-refractivity contribution < 1.29 is 19.4 Å². The van der Waals surface area contributed by atoms with E-state index in [4.69, 9.17) is 14.6 Å². The summed E-state index contributed by atoms with van der Waals surface area (Å²) in [6.45, 7) is 4.34. The lowest BCUT2D eigenvalue weighted by Crippen LogP contribution is -2.33. The van der Waals surface area contributed by atoms with E-state index in [1.54, 1.807) is 6.07 Å². The summed E-state index contributed by atoms with van der Waals surface area (Å²) in [6.07, 6.45) is 0. The van der Waals surface area contributed by atoms with Gasteiger partial charge in [0.15, 0.2) is 5.58 Å². The molecule has 2 aromatic rings. The molecule has 0 amide bonds. The van der Waals surface area contributed by atoms with E-state index in [1.807, 2.05) is 18.7 Å². The number of aliphatic hydroxyl groups excluding tert-OH is 1. The van der Waals surface area contributed by atoms with Crippen molar-refractivity contribution in [2.24, 2.45) is 0 Å². The molecule has 2 rings (SSSR count). The molecule has 0 saturated carbocycles. The monoisotopic (exact) mass is 264 g/mol. The van der Waals surface area contributed by atoms with E-state index in [1.165, 1.54) is 12.1 Å². The fourth-order valence-electron chi connectivity index (χ4n) is 1.85. The van der Waals surface area contributed by atoms with Crippen molar-refractivity contribution in [2.75, 3.05) is 18.1 Å². The molecular formula is C13H16N2O4. The van der Waals surface area contributed by atoms with Crippen molar-refractivity contribution in [3.05, 3.63) is 23.8 Å². The first-order chi connectivity index (χ1) is 9.02. The quantitative estimate of drug-likeness (QED) is 0.855. The molecule has 0 aliphatic carbocycles. The van der Waals surface area contributed by atoms with Gasteiger partial charge in [-0.2, -0.15) is 4.98 Å². The van der Waals surface area contributed by atoms with Crippen LogP contribution in [0.2, 0.25) is 0 Å². The number of rotatable bonds is 5. The van der Waals surface area contributed by atoms with Crippen molar-refractivity contribution in [1.29, 1.82) is 0 Å². The molecule has 0 radical (unpaired) electrons. The van der Waals surface area contributed by atoms with Gasteiger partial charge in [-0.3, -0.25) is 0 Å². The van der Waals surface area contributed by atoms with Crippen LogP contribution in [-0.4, -0.2) is 40.4 Å². The number of aromatic nitrogens is 1. The molecule has 6 nitrogen and oxygen atoms in total. The van der Waals surface area contributed by atoms with Gasteiger partial charge in [0.1, 0.15) is 5.52 Å². The van der Waals surface area contributed by atoms with Crippen LogP contribution < -0.4 is 4.90 Å². The van der Waals surface area contributed by atoms with Gasteiger partial charge in [-0.25, -0.2) is 4.79 Å². The van der Waals surface area contributed by atoms with Crippen LogP contribution >= 0.6 is 0 Å². The fourth-order valence-corrected chi connectivity index (χ4v) is 1.85. The predicted molar refractivity (Wildman–Crippen MR) is 70.5 cm³/mol. The molecule has 0 aliphatic rings. The van der Waals surface area contributed by atoms with Crippen LogP contribution in [0.3, 0.4) is 0 Å². The number of anilines is 1. The Morgan fingerprint density at radius 2 is 2.21 bits per heavy atom. The zero-order chi connectivity index (χ0) is 14.0. The van der Waals surface area contributed by atoms with Crippen LogP contribution in [0.4, 0.5) is 6.01 Å². The van der Waals surface area contributed by atoms with Gasteiger partial charge < -0.3 is 19.5 Å². The summed E-state index contributed by atoms with van der Waals surface area (Å²) in [5.74, 6) is -1.00. The number of carboxylic acid groups (broad SMARTS) is 1. The molecule has 0 aliphatic heterocycles. The third kappa shape index (κ3) is 2.68. The standard InChI is InChI=1S/C13H16N2O4/c1-8(2)15(5-6-16)13-14-10-4-3-9(12(17)18)7-11(10)19-13/h3-4,7-8,16H,5-6H2,1-2H3,(H,17,18). The van der Waals surface area contributed by atoms with Gasteiger partial charge in [-0.1, -0.05) is 0 Å². The fraction of sp³-hybridized carbons (Fsp3) is 0.385. The number of carbonyl (C=O) groups is 1. The molecule has 1 heterocycles.